The van der Waals surface area contributed by atoms with Crippen LogP contribution in [0.4, 0.5) is 0 Å². The molecule has 0 spiro atoms. The summed E-state index contributed by atoms with van der Waals surface area (Å²) in [7, 11) is 0. The molecule has 3 heteroatoms. The lowest BCUT2D eigenvalue weighted by molar-refractivity contribution is -0.719. The van der Waals surface area contributed by atoms with Gasteiger partial charge in [0, 0.05) is 18.6 Å². The first-order chi connectivity index (χ1) is 6.77. The summed E-state index contributed by atoms with van der Waals surface area (Å²) in [5, 5.41) is 0. The lowest BCUT2D eigenvalue weighted by Gasteiger charge is -2.02. The fraction of sp³-hybridized carbons (Fsp3) is 0.273. The number of pyridine rings is 1. The highest BCUT2D eigenvalue weighted by Gasteiger charge is 2.02. The highest BCUT2D eigenvalue weighted by atomic mass is 15.2. The summed E-state index contributed by atoms with van der Waals surface area (Å²) in [5.74, 6) is 0.895. The van der Waals surface area contributed by atoms with E-state index in [1.807, 2.05) is 39.7 Å². The minimum absolute atomic E-state index is 0.431. The molecule has 2 heterocycles. The predicted molar refractivity (Wildman–Crippen MR) is 53.0 cm³/mol. The summed E-state index contributed by atoms with van der Waals surface area (Å²) in [4.78, 5) is 4.24. The van der Waals surface area contributed by atoms with Crippen LogP contribution in [0.1, 0.15) is 19.9 Å². The predicted octanol–water partition coefficient (Wildman–Crippen LogP) is 1.54. The average Bonchev–Trinajstić information content (AvgIpc) is 2.68. The van der Waals surface area contributed by atoms with Gasteiger partial charge in [-0.3, -0.25) is 4.98 Å². The van der Waals surface area contributed by atoms with Gasteiger partial charge >= 0.3 is 0 Å². The van der Waals surface area contributed by atoms with Crippen LogP contribution in [-0.2, 0) is 0 Å². The second kappa shape index (κ2) is 3.62. The summed E-state index contributed by atoms with van der Waals surface area (Å²) in [6.45, 7) is 4.25. The number of imidazole rings is 1. The van der Waals surface area contributed by atoms with Gasteiger partial charge in [-0.15, -0.1) is 0 Å². The van der Waals surface area contributed by atoms with Crippen molar-refractivity contribution in [1.82, 2.24) is 9.55 Å². The Morgan fingerprint density at radius 3 is 2.86 bits per heavy atom. The van der Waals surface area contributed by atoms with Crippen LogP contribution in [0.25, 0.3) is 5.82 Å². The molecular formula is C11H13N3. The second-order valence-electron chi connectivity index (χ2n) is 3.46. The average molecular weight is 187 g/mol. The molecule has 2 aromatic heterocycles. The van der Waals surface area contributed by atoms with Gasteiger partial charge in [0.25, 0.3) is 0 Å². The van der Waals surface area contributed by atoms with Crippen molar-refractivity contribution < 1.29 is 4.57 Å². The highest BCUT2D eigenvalue weighted by Crippen LogP contribution is 2.01. The fourth-order valence-corrected chi connectivity index (χ4v) is 1.24. The second-order valence-corrected chi connectivity index (χ2v) is 3.46. The van der Waals surface area contributed by atoms with Crippen LogP contribution in [0.15, 0.2) is 36.8 Å². The van der Waals surface area contributed by atoms with E-state index in [1.54, 1.807) is 6.20 Å². The van der Waals surface area contributed by atoms with Crippen LogP contribution in [0.3, 0.4) is 0 Å². The van der Waals surface area contributed by atoms with Gasteiger partial charge in [0.05, 0.1) is 6.04 Å². The summed E-state index contributed by atoms with van der Waals surface area (Å²) >= 11 is 0. The third kappa shape index (κ3) is 1.66. The van der Waals surface area contributed by atoms with Gasteiger partial charge in [-0.2, -0.15) is 0 Å². The molecule has 0 radical (unpaired) electrons. The maximum atomic E-state index is 4.24. The van der Waals surface area contributed by atoms with E-state index >= 15 is 0 Å². The molecule has 2 rings (SSSR count). The standard InChI is InChI=1S/C11H13N3/c1-10(2)13-7-8-14(9-13)11-5-3-4-6-12-11/h3-8,10H,1-2H3. The summed E-state index contributed by atoms with van der Waals surface area (Å²) in [6, 6.07) is 6.26. The molecule has 0 unspecified atom stereocenters. The first kappa shape index (κ1) is 8.94. The molecule has 0 aromatic carbocycles. The SMILES string of the molecule is CC(C)[n+]1[c-]n(-c2ccccn2)cc1. The Balaban J connectivity index is 2.34. The molecule has 2 aromatic rings. The van der Waals surface area contributed by atoms with Gasteiger partial charge in [-0.05, 0) is 26.0 Å². The maximum Gasteiger partial charge on any atom is 0.244 e. The molecule has 0 amide bonds. The number of hydrogen-bond donors (Lipinski definition) is 0. The van der Waals surface area contributed by atoms with Gasteiger partial charge < -0.3 is 9.13 Å². The number of aromatic nitrogens is 3. The van der Waals surface area contributed by atoms with E-state index in [9.17, 15) is 0 Å². The Bertz CT molecular complexity index is 403. The largest absolute Gasteiger partial charge is 0.318 e. The number of hydrogen-bond acceptors (Lipinski definition) is 1. The summed E-state index contributed by atoms with van der Waals surface area (Å²) in [6.07, 6.45) is 8.94. The number of rotatable bonds is 2. The molecule has 72 valence electrons. The minimum Gasteiger partial charge on any atom is -0.318 e. The molecule has 3 nitrogen and oxygen atoms in total. The van der Waals surface area contributed by atoms with Gasteiger partial charge in [-0.1, -0.05) is 6.07 Å². The van der Waals surface area contributed by atoms with E-state index in [1.165, 1.54) is 0 Å². The third-order valence-corrected chi connectivity index (χ3v) is 2.05. The van der Waals surface area contributed by atoms with Crippen LogP contribution in [-0.4, -0.2) is 9.55 Å². The Morgan fingerprint density at radius 2 is 2.29 bits per heavy atom. The Labute approximate surface area is 83.7 Å². The molecule has 0 bridgehead atoms. The normalized spacial score (nSPS) is 10.8. The molecule has 0 aliphatic rings. The van der Waals surface area contributed by atoms with Crippen molar-refractivity contribution >= 4 is 0 Å². The van der Waals surface area contributed by atoms with Gasteiger partial charge in [0.2, 0.25) is 6.33 Å². The van der Waals surface area contributed by atoms with Crippen molar-refractivity contribution in [2.45, 2.75) is 19.9 Å². The molecule has 0 fully saturated rings. The van der Waals surface area contributed by atoms with Crippen LogP contribution < -0.4 is 4.57 Å². The summed E-state index contributed by atoms with van der Waals surface area (Å²) in [5.41, 5.74) is 0. The topological polar surface area (TPSA) is 21.7 Å². The Kier molecular flexibility index (Phi) is 2.31. The Hall–Kier alpha value is -1.64. The smallest absolute Gasteiger partial charge is 0.244 e. The molecule has 14 heavy (non-hydrogen) atoms. The third-order valence-electron chi connectivity index (χ3n) is 2.05. The zero-order valence-corrected chi connectivity index (χ0v) is 8.38. The van der Waals surface area contributed by atoms with Gasteiger partial charge in [-0.25, -0.2) is 0 Å². The molecule has 0 saturated carbocycles. The van der Waals surface area contributed by atoms with E-state index in [0.717, 1.165) is 5.82 Å². The van der Waals surface area contributed by atoms with Crippen molar-refractivity contribution in [3.05, 3.63) is 43.1 Å². The fourth-order valence-electron chi connectivity index (χ4n) is 1.24. The van der Waals surface area contributed by atoms with Crippen molar-refractivity contribution in [2.24, 2.45) is 0 Å². The molecule has 0 saturated heterocycles. The first-order valence-corrected chi connectivity index (χ1v) is 4.70. The molecule has 0 N–H and O–H groups in total. The summed E-state index contributed by atoms with van der Waals surface area (Å²) < 4.78 is 3.91. The zero-order chi connectivity index (χ0) is 9.97. The van der Waals surface area contributed by atoms with Crippen molar-refractivity contribution in [3.63, 3.8) is 0 Å². The first-order valence-electron chi connectivity index (χ1n) is 4.70. The van der Waals surface area contributed by atoms with Crippen LogP contribution in [0, 0.1) is 6.33 Å². The van der Waals surface area contributed by atoms with E-state index in [4.69, 9.17) is 0 Å². The van der Waals surface area contributed by atoms with E-state index in [0.29, 0.717) is 6.04 Å². The lowest BCUT2D eigenvalue weighted by Crippen LogP contribution is -2.33. The van der Waals surface area contributed by atoms with Crippen LogP contribution in [0.5, 0.6) is 0 Å². The van der Waals surface area contributed by atoms with Gasteiger partial charge in [0.1, 0.15) is 5.82 Å². The molecule has 0 aliphatic carbocycles. The van der Waals surface area contributed by atoms with E-state index in [-0.39, 0.29) is 0 Å². The van der Waals surface area contributed by atoms with Crippen LogP contribution >= 0.6 is 0 Å². The molecular weight excluding hydrogens is 174 g/mol. The Morgan fingerprint density at radius 1 is 1.43 bits per heavy atom. The van der Waals surface area contributed by atoms with E-state index in [2.05, 4.69) is 25.2 Å². The molecule has 0 atom stereocenters. The number of nitrogens with zero attached hydrogens (tertiary/aromatic N) is 3. The minimum atomic E-state index is 0.431. The lowest BCUT2D eigenvalue weighted by atomic mass is 10.4. The maximum absolute atomic E-state index is 4.24. The van der Waals surface area contributed by atoms with Crippen LogP contribution in [0.2, 0.25) is 0 Å². The quantitative estimate of drug-likeness (QED) is 0.516. The van der Waals surface area contributed by atoms with E-state index < -0.39 is 0 Å². The zero-order valence-electron chi connectivity index (χ0n) is 8.38. The van der Waals surface area contributed by atoms with Crippen molar-refractivity contribution in [3.8, 4) is 5.82 Å². The highest BCUT2D eigenvalue weighted by molar-refractivity contribution is 5.19. The monoisotopic (exact) mass is 187 g/mol. The van der Waals surface area contributed by atoms with Crippen molar-refractivity contribution in [1.29, 1.82) is 0 Å². The molecule has 0 aliphatic heterocycles. The van der Waals surface area contributed by atoms with Crippen molar-refractivity contribution in [2.75, 3.05) is 0 Å². The van der Waals surface area contributed by atoms with Gasteiger partial charge in [0.15, 0.2) is 0 Å².